The molecule has 0 aliphatic carbocycles. The molecule has 1 aromatic heterocycles. The first kappa shape index (κ1) is 22.5. The summed E-state index contributed by atoms with van der Waals surface area (Å²) < 4.78 is 5.32. The third kappa shape index (κ3) is 7.35. The van der Waals surface area contributed by atoms with Crippen LogP contribution in [0.15, 0.2) is 23.2 Å². The predicted octanol–water partition coefficient (Wildman–Crippen LogP) is 2.68. The van der Waals surface area contributed by atoms with Crippen LogP contribution in [0.4, 0.5) is 4.79 Å². The number of aromatic nitrogens is 1. The molecular weight excluding hydrogens is 445 g/mol. The number of amides is 1. The smallest absolute Gasteiger partial charge is 0.407 e. The second kappa shape index (κ2) is 9.94. The van der Waals surface area contributed by atoms with E-state index in [4.69, 9.17) is 4.74 Å². The molecule has 146 valence electrons. The Hall–Kier alpha value is -1.58. The van der Waals surface area contributed by atoms with Gasteiger partial charge in [0.05, 0.1) is 18.3 Å². The molecule has 1 aliphatic heterocycles. The van der Waals surface area contributed by atoms with Crippen LogP contribution in [-0.2, 0) is 11.3 Å². The minimum atomic E-state index is -0.485. The third-order valence-electron chi connectivity index (χ3n) is 3.79. The molecule has 0 aromatic carbocycles. The van der Waals surface area contributed by atoms with Crippen LogP contribution in [0.5, 0.6) is 0 Å². The molecule has 2 N–H and O–H groups in total. The van der Waals surface area contributed by atoms with Gasteiger partial charge in [-0.1, -0.05) is 6.07 Å². The van der Waals surface area contributed by atoms with Crippen molar-refractivity contribution in [2.45, 2.75) is 52.3 Å². The lowest BCUT2D eigenvalue weighted by Crippen LogP contribution is -2.44. The number of hydrogen-bond donors (Lipinski definition) is 2. The fourth-order valence-electron chi connectivity index (χ4n) is 2.74. The zero-order valence-electron chi connectivity index (χ0n) is 16.2. The SMILES string of the molecule is CN=C(NCc1cccc(C)n1)N1CCC(NC(=O)OC(C)(C)C)C1.I. The summed E-state index contributed by atoms with van der Waals surface area (Å²) in [7, 11) is 1.76. The van der Waals surface area contributed by atoms with Gasteiger partial charge in [-0.15, -0.1) is 24.0 Å². The molecule has 7 nitrogen and oxygen atoms in total. The van der Waals surface area contributed by atoms with Crippen LogP contribution in [0, 0.1) is 6.92 Å². The van der Waals surface area contributed by atoms with E-state index in [1.165, 1.54) is 0 Å². The van der Waals surface area contributed by atoms with Crippen LogP contribution in [-0.4, -0.2) is 53.7 Å². The maximum atomic E-state index is 11.9. The van der Waals surface area contributed by atoms with Crippen molar-refractivity contribution in [3.05, 3.63) is 29.6 Å². The van der Waals surface area contributed by atoms with Crippen molar-refractivity contribution in [1.82, 2.24) is 20.5 Å². The highest BCUT2D eigenvalue weighted by Crippen LogP contribution is 2.12. The van der Waals surface area contributed by atoms with Gasteiger partial charge in [0.25, 0.3) is 0 Å². The van der Waals surface area contributed by atoms with Crippen molar-refractivity contribution in [3.63, 3.8) is 0 Å². The number of carbonyl (C=O) groups is 1. The summed E-state index contributed by atoms with van der Waals surface area (Å²) in [6.07, 6.45) is 0.495. The number of aryl methyl sites for hydroxylation is 1. The number of guanidine groups is 1. The van der Waals surface area contributed by atoms with Crippen LogP contribution in [0.2, 0.25) is 0 Å². The van der Waals surface area contributed by atoms with Gasteiger partial charge in [-0.05, 0) is 46.2 Å². The van der Waals surface area contributed by atoms with Crippen LogP contribution < -0.4 is 10.6 Å². The number of rotatable bonds is 3. The first-order valence-electron chi connectivity index (χ1n) is 8.64. The minimum Gasteiger partial charge on any atom is -0.444 e. The van der Waals surface area contributed by atoms with Crippen LogP contribution in [0.1, 0.15) is 38.6 Å². The molecular formula is C18H30IN5O2. The molecule has 1 fully saturated rings. The minimum absolute atomic E-state index is 0. The lowest BCUT2D eigenvalue weighted by molar-refractivity contribution is 0.0507. The van der Waals surface area contributed by atoms with E-state index >= 15 is 0 Å². The summed E-state index contributed by atoms with van der Waals surface area (Å²) in [4.78, 5) is 22.9. The summed E-state index contributed by atoms with van der Waals surface area (Å²) in [5.41, 5.74) is 1.49. The highest BCUT2D eigenvalue weighted by Gasteiger charge is 2.27. The average Bonchev–Trinajstić information content (AvgIpc) is 2.94. The van der Waals surface area contributed by atoms with E-state index in [-0.39, 0.29) is 36.1 Å². The second-order valence-electron chi connectivity index (χ2n) is 7.25. The van der Waals surface area contributed by atoms with Crippen molar-refractivity contribution >= 4 is 36.0 Å². The molecule has 1 aromatic rings. The molecule has 0 bridgehead atoms. The highest BCUT2D eigenvalue weighted by molar-refractivity contribution is 14.0. The van der Waals surface area contributed by atoms with Gasteiger partial charge in [0, 0.05) is 25.8 Å². The van der Waals surface area contributed by atoms with E-state index in [0.29, 0.717) is 13.1 Å². The summed E-state index contributed by atoms with van der Waals surface area (Å²) in [6, 6.07) is 6.03. The topological polar surface area (TPSA) is 78.9 Å². The fourth-order valence-corrected chi connectivity index (χ4v) is 2.74. The van der Waals surface area contributed by atoms with Gasteiger partial charge in [-0.3, -0.25) is 9.98 Å². The predicted molar refractivity (Wildman–Crippen MR) is 114 cm³/mol. The first-order chi connectivity index (χ1) is 11.8. The monoisotopic (exact) mass is 475 g/mol. The number of alkyl carbamates (subject to hydrolysis) is 1. The maximum Gasteiger partial charge on any atom is 0.407 e. The van der Waals surface area contributed by atoms with Gasteiger partial charge in [0.2, 0.25) is 0 Å². The van der Waals surface area contributed by atoms with Gasteiger partial charge in [-0.2, -0.15) is 0 Å². The molecule has 26 heavy (non-hydrogen) atoms. The Bertz CT molecular complexity index is 630. The average molecular weight is 475 g/mol. The molecule has 1 saturated heterocycles. The number of nitrogens with zero attached hydrogens (tertiary/aromatic N) is 3. The van der Waals surface area contributed by atoms with Gasteiger partial charge < -0.3 is 20.3 Å². The van der Waals surface area contributed by atoms with Crippen LogP contribution in [0.25, 0.3) is 0 Å². The molecule has 2 rings (SSSR count). The summed E-state index contributed by atoms with van der Waals surface area (Å²) >= 11 is 0. The largest absolute Gasteiger partial charge is 0.444 e. The number of pyridine rings is 1. The number of likely N-dealkylation sites (tertiary alicyclic amines) is 1. The normalized spacial score (nSPS) is 17.5. The molecule has 1 atom stereocenters. The Morgan fingerprint density at radius 1 is 1.42 bits per heavy atom. The van der Waals surface area contributed by atoms with E-state index < -0.39 is 5.60 Å². The molecule has 1 aliphatic rings. The summed E-state index contributed by atoms with van der Waals surface area (Å²) in [5.74, 6) is 0.816. The lowest BCUT2D eigenvalue weighted by Gasteiger charge is -2.23. The summed E-state index contributed by atoms with van der Waals surface area (Å²) in [6.45, 7) is 9.72. The van der Waals surface area contributed by atoms with Crippen LogP contribution in [0.3, 0.4) is 0 Å². The molecule has 1 amide bonds. The quantitative estimate of drug-likeness (QED) is 0.400. The Morgan fingerprint density at radius 3 is 2.77 bits per heavy atom. The van der Waals surface area contributed by atoms with Crippen LogP contribution >= 0.6 is 24.0 Å². The first-order valence-corrected chi connectivity index (χ1v) is 8.64. The highest BCUT2D eigenvalue weighted by atomic mass is 127. The van der Waals surface area contributed by atoms with Crippen molar-refractivity contribution in [1.29, 1.82) is 0 Å². The second-order valence-corrected chi connectivity index (χ2v) is 7.25. The Balaban J connectivity index is 0.00000338. The van der Waals surface area contributed by atoms with Crippen molar-refractivity contribution in [2.75, 3.05) is 20.1 Å². The number of hydrogen-bond acceptors (Lipinski definition) is 4. The van der Waals surface area contributed by atoms with Gasteiger partial charge >= 0.3 is 6.09 Å². The van der Waals surface area contributed by atoms with E-state index in [9.17, 15) is 4.79 Å². The van der Waals surface area contributed by atoms with E-state index in [2.05, 4.69) is 25.5 Å². The van der Waals surface area contributed by atoms with Gasteiger partial charge in [0.15, 0.2) is 5.96 Å². The zero-order valence-corrected chi connectivity index (χ0v) is 18.5. The Kier molecular flexibility index (Phi) is 8.58. The maximum absolute atomic E-state index is 11.9. The van der Waals surface area contributed by atoms with Gasteiger partial charge in [-0.25, -0.2) is 4.79 Å². The number of aliphatic imine (C=N–C) groups is 1. The molecule has 1 unspecified atom stereocenters. The number of halogens is 1. The Labute approximate surface area is 173 Å². The van der Waals surface area contributed by atoms with Crippen molar-refractivity contribution < 1.29 is 9.53 Å². The molecule has 8 heteroatoms. The molecule has 2 heterocycles. The fraction of sp³-hybridized carbons (Fsp3) is 0.611. The molecule has 0 saturated carbocycles. The van der Waals surface area contributed by atoms with Gasteiger partial charge in [0.1, 0.15) is 5.60 Å². The summed E-state index contributed by atoms with van der Waals surface area (Å²) in [5, 5.41) is 6.26. The number of ether oxygens (including phenoxy) is 1. The Morgan fingerprint density at radius 2 is 2.15 bits per heavy atom. The standard InChI is InChI=1S/C18H29N5O2.HI/c1-13-7-6-8-14(21-13)11-20-16(19-5)23-10-9-15(12-23)22-17(24)25-18(2,3)4;/h6-8,15H,9-12H2,1-5H3,(H,19,20)(H,22,24);1H. The van der Waals surface area contributed by atoms with Crippen molar-refractivity contribution in [2.24, 2.45) is 4.99 Å². The zero-order chi connectivity index (χ0) is 18.4. The molecule has 0 radical (unpaired) electrons. The number of carbonyl (C=O) groups excluding carboxylic acids is 1. The van der Waals surface area contributed by atoms with E-state index in [1.807, 2.05) is 45.9 Å². The molecule has 0 spiro atoms. The van der Waals surface area contributed by atoms with E-state index in [0.717, 1.165) is 30.3 Å². The van der Waals surface area contributed by atoms with Crippen molar-refractivity contribution in [3.8, 4) is 0 Å². The number of nitrogens with one attached hydrogen (secondary N) is 2. The van der Waals surface area contributed by atoms with E-state index in [1.54, 1.807) is 7.05 Å². The lowest BCUT2D eigenvalue weighted by atomic mass is 10.2. The third-order valence-corrected chi connectivity index (χ3v) is 3.79.